The third-order valence-electron chi connectivity index (χ3n) is 0.677. The number of nitrogens with zero attached hydrogens (tertiary/aromatic N) is 1. The van der Waals surface area contributed by atoms with Crippen molar-refractivity contribution < 1.29 is 31.9 Å². The summed E-state index contributed by atoms with van der Waals surface area (Å²) in [7, 11) is 6.42. The molecule has 0 aliphatic rings. The van der Waals surface area contributed by atoms with E-state index in [-0.39, 0.29) is 25.6 Å². The first-order chi connectivity index (χ1) is 7.30. The molecule has 2 N–H and O–H groups in total. The van der Waals surface area contributed by atoms with E-state index >= 15 is 0 Å². The second kappa shape index (κ2) is 29.6. The number of carbonyl (C=O) groups is 1. The summed E-state index contributed by atoms with van der Waals surface area (Å²) >= 11 is 0. The highest BCUT2D eigenvalue weighted by molar-refractivity contribution is 5.44. The molecule has 0 bridgehead atoms. The monoisotopic (exact) mass is 271 g/mol. The summed E-state index contributed by atoms with van der Waals surface area (Å²) in [4.78, 5) is 8.81. The molecule has 0 aromatic heterocycles. The summed E-state index contributed by atoms with van der Waals surface area (Å²) in [6.07, 6.45) is 2.68. The fourth-order valence-electron chi connectivity index (χ4n) is 0.387. The van der Waals surface area contributed by atoms with Crippen LogP contribution in [0.25, 0.3) is 0 Å². The lowest BCUT2D eigenvalue weighted by atomic mass is 10.5. The Bertz CT molecular complexity index is 123. The second-order valence-electron chi connectivity index (χ2n) is 3.63. The van der Waals surface area contributed by atoms with Crippen molar-refractivity contribution in [2.45, 2.75) is 20.8 Å². The number of quaternary nitrogens is 1. The smallest absolute Gasteiger partial charge is 0.116 e. The first-order valence-electron chi connectivity index (χ1n) is 5.33. The summed E-state index contributed by atoms with van der Waals surface area (Å²) in [6, 6.07) is 0. The first kappa shape index (κ1) is 30.0. The van der Waals surface area contributed by atoms with E-state index in [0.29, 0.717) is 0 Å². The summed E-state index contributed by atoms with van der Waals surface area (Å²) in [5, 5.41) is 15.1. The molecule has 0 unspecified atom stereocenters. The lowest BCUT2D eigenvalue weighted by Gasteiger charge is -2.21. The van der Waals surface area contributed by atoms with E-state index in [1.54, 1.807) is 13.8 Å². The fraction of sp³-hybridized carbons (Fsp3) is 0.750. The van der Waals surface area contributed by atoms with Gasteiger partial charge in [-0.3, -0.25) is 0 Å². The van der Waals surface area contributed by atoms with Gasteiger partial charge in [-0.15, -0.1) is 0 Å². The Morgan fingerprint density at radius 3 is 1.29 bits per heavy atom. The Morgan fingerprint density at radius 1 is 1.12 bits per heavy atom. The highest BCUT2D eigenvalue weighted by atomic mass is 35.5. The van der Waals surface area contributed by atoms with Crippen LogP contribution in [-0.2, 0) is 4.79 Å². The molecule has 0 aliphatic heterocycles. The van der Waals surface area contributed by atoms with Gasteiger partial charge in [0.15, 0.2) is 0 Å². The Balaban J connectivity index is -0.0000000411. The molecule has 0 heterocycles. The predicted octanol–water partition coefficient (Wildman–Crippen LogP) is -1.91. The lowest BCUT2D eigenvalue weighted by Crippen LogP contribution is -3.00. The van der Waals surface area contributed by atoms with Crippen LogP contribution in [0.4, 0.5) is 0 Å². The molecule has 0 spiro atoms. The van der Waals surface area contributed by atoms with Gasteiger partial charge in [0.25, 0.3) is 0 Å². The number of rotatable bonds is 2. The van der Waals surface area contributed by atoms with Crippen molar-refractivity contribution in [2.24, 2.45) is 0 Å². The van der Waals surface area contributed by atoms with Gasteiger partial charge < -0.3 is 31.9 Å². The van der Waals surface area contributed by atoms with Crippen molar-refractivity contribution in [1.29, 1.82) is 0 Å². The predicted molar refractivity (Wildman–Crippen MR) is 70.4 cm³/mol. The van der Waals surface area contributed by atoms with Crippen LogP contribution in [0.1, 0.15) is 20.8 Å². The van der Waals surface area contributed by atoms with Crippen LogP contribution >= 0.6 is 0 Å². The molecule has 0 saturated carbocycles. The maximum Gasteiger partial charge on any atom is 0.116 e. The van der Waals surface area contributed by atoms with E-state index in [1.807, 2.05) is 6.08 Å². The van der Waals surface area contributed by atoms with Crippen LogP contribution in [0, 0.1) is 0 Å². The first-order valence-corrected chi connectivity index (χ1v) is 5.33. The quantitative estimate of drug-likeness (QED) is 0.350. The third kappa shape index (κ3) is 224. The van der Waals surface area contributed by atoms with E-state index in [2.05, 4.69) is 27.7 Å². The largest absolute Gasteiger partial charge is 1.00 e. The second-order valence-corrected chi connectivity index (χ2v) is 3.63. The van der Waals surface area contributed by atoms with Crippen LogP contribution < -0.4 is 12.4 Å². The van der Waals surface area contributed by atoms with Gasteiger partial charge in [0.1, 0.15) is 6.29 Å². The van der Waals surface area contributed by atoms with E-state index in [0.717, 1.165) is 17.3 Å². The zero-order valence-corrected chi connectivity index (χ0v) is 12.9. The summed E-state index contributed by atoms with van der Waals surface area (Å²) in [5.41, 5.74) is 0. The summed E-state index contributed by atoms with van der Waals surface area (Å²) < 4.78 is 0.976. The van der Waals surface area contributed by atoms with Gasteiger partial charge >= 0.3 is 0 Å². The number of carbonyl (C=O) groups excluding carboxylic acids is 1. The van der Waals surface area contributed by atoms with Gasteiger partial charge in [0, 0.05) is 13.2 Å². The molecule has 0 saturated heterocycles. The minimum absolute atomic E-state index is 0. The minimum Gasteiger partial charge on any atom is -1.00 e. The van der Waals surface area contributed by atoms with Crippen molar-refractivity contribution in [1.82, 2.24) is 0 Å². The fourth-order valence-corrected chi connectivity index (χ4v) is 0.387. The van der Waals surface area contributed by atoms with Crippen molar-refractivity contribution in [3.05, 3.63) is 12.7 Å². The molecular weight excluding hydrogens is 242 g/mol. The van der Waals surface area contributed by atoms with Crippen molar-refractivity contribution in [3.8, 4) is 0 Å². The Morgan fingerprint density at radius 2 is 1.29 bits per heavy atom. The van der Waals surface area contributed by atoms with Gasteiger partial charge in [-0.05, 0) is 26.8 Å². The molecule has 0 fully saturated rings. The Hall–Kier alpha value is -0.420. The molecule has 5 heteroatoms. The van der Waals surface area contributed by atoms with Crippen LogP contribution in [0.3, 0.4) is 0 Å². The third-order valence-corrected chi connectivity index (χ3v) is 0.677. The number of halogens is 1. The molecule has 17 heavy (non-hydrogen) atoms. The van der Waals surface area contributed by atoms with E-state index in [9.17, 15) is 0 Å². The molecule has 0 aliphatic carbocycles. The lowest BCUT2D eigenvalue weighted by molar-refractivity contribution is -0.864. The zero-order chi connectivity index (χ0) is 14.0. The van der Waals surface area contributed by atoms with Gasteiger partial charge in [0.05, 0.1) is 27.7 Å². The van der Waals surface area contributed by atoms with E-state index < -0.39 is 0 Å². The molecule has 0 rings (SSSR count). The number of aliphatic hydroxyl groups excluding tert-OH is 2. The molecule has 0 atom stereocenters. The Labute approximate surface area is 113 Å². The van der Waals surface area contributed by atoms with E-state index in [1.165, 1.54) is 6.92 Å². The minimum atomic E-state index is 0. The van der Waals surface area contributed by atoms with Gasteiger partial charge in [-0.25, -0.2) is 0 Å². The maximum atomic E-state index is 8.81. The van der Waals surface area contributed by atoms with Crippen molar-refractivity contribution in [3.63, 3.8) is 0 Å². The molecule has 0 aromatic rings. The number of hydrogen-bond acceptors (Lipinski definition) is 3. The summed E-state index contributed by atoms with van der Waals surface area (Å²) in [5.74, 6) is 0. The number of likely N-dealkylation sites (N-methyl/N-ethyl adjacent to an activating group) is 1. The maximum absolute atomic E-state index is 8.81. The number of aldehydes is 1. The average molecular weight is 272 g/mol. The van der Waals surface area contributed by atoms with Gasteiger partial charge in [-0.1, -0.05) is 6.58 Å². The van der Waals surface area contributed by atoms with Crippen molar-refractivity contribution in [2.75, 3.05) is 40.9 Å². The summed E-state index contributed by atoms with van der Waals surface area (Å²) in [6.45, 7) is 9.98. The molecule has 0 radical (unpaired) electrons. The van der Waals surface area contributed by atoms with E-state index in [4.69, 9.17) is 15.0 Å². The van der Waals surface area contributed by atoms with Gasteiger partial charge in [0.2, 0.25) is 0 Å². The van der Waals surface area contributed by atoms with Crippen LogP contribution in [-0.4, -0.2) is 61.9 Å². The molecule has 4 nitrogen and oxygen atoms in total. The molecule has 0 aromatic carbocycles. The highest BCUT2D eigenvalue weighted by Crippen LogP contribution is 1.86. The topological polar surface area (TPSA) is 57.5 Å². The van der Waals surface area contributed by atoms with Crippen molar-refractivity contribution >= 4 is 6.29 Å². The average Bonchev–Trinajstić information content (AvgIpc) is 2.05. The zero-order valence-electron chi connectivity index (χ0n) is 12.1. The number of hydrogen-bond donors (Lipinski definition) is 2. The Kier molecular flexibility index (Phi) is 52.2. The molecular formula is C12H30ClNO3. The normalized spacial score (nSPS) is 7.53. The SMILES string of the molecule is C=CC[N+](C)(C)C.CC=O.CCO.CCO.[Cl-]. The standard InChI is InChI=1S/C6H14N.2C2H6O.C2H4O.ClH/c1-5-6-7(2,3)4;3*1-2-3;/h5H,1,6H2,2-4H3;2*3H,2H2,1H3;2H,1H3;1H/q+1;;;;/p-1. The van der Waals surface area contributed by atoms with Crippen LogP contribution in [0.5, 0.6) is 0 Å². The van der Waals surface area contributed by atoms with Gasteiger partial charge in [-0.2, -0.15) is 0 Å². The molecule has 0 amide bonds. The number of aliphatic hydroxyl groups is 2. The van der Waals surface area contributed by atoms with Crippen LogP contribution in [0.15, 0.2) is 12.7 Å². The molecule has 108 valence electrons. The highest BCUT2D eigenvalue weighted by Gasteiger charge is 1.99. The van der Waals surface area contributed by atoms with Crippen LogP contribution in [0.2, 0.25) is 0 Å².